The highest BCUT2D eigenvalue weighted by atomic mass is 16.4. The number of amides is 15. The fourth-order valence-electron chi connectivity index (χ4n) is 9.25. The molecular weight excluding hydrogens is 1350 g/mol. The van der Waals surface area contributed by atoms with Crippen molar-refractivity contribution in [2.45, 2.75) is 189 Å². The van der Waals surface area contributed by atoms with Crippen molar-refractivity contribution >= 4 is 118 Å². The third-order valence-corrected chi connectivity index (χ3v) is 14.6. The molecule has 0 saturated carbocycles. The van der Waals surface area contributed by atoms with Gasteiger partial charge in [0, 0.05) is 25.9 Å². The van der Waals surface area contributed by atoms with E-state index in [1.807, 2.05) is 10.6 Å². The third-order valence-electron chi connectivity index (χ3n) is 14.6. The standard InChI is InChI=1S/C56H92N20O25/c1-24(44(89)64-21-39(82)69-30(55(100)101)11-13-36(59)79)67-53(98)43(26(3)78)75-50(95)33(20-42(87)88)72-51(96)34(23-77)74-45(90)25(2)66-48(93)28(9-6-16-63-56(61)62)68-38(81)22-65-47(92)31(18-37(60)80)73-52(97)35-10-7-17-76(35)54(99)29(12-14-40(83)84)70-49(94)32(19-41(85)86)71-46(91)27(58)8-4-5-15-57/h24-35,43,77-78H,4-23,57-58H2,1-3H3,(H2,59,79)(H2,60,80)(H,64,89)(H,65,92)(H,66,93)(H,67,98)(H,68,81)(H,69,82)(H,70,94)(H,71,91)(H,72,96)(H,73,97)(H,74,90)(H,75,95)(H,83,84)(H,85,86)(H,87,88)(H,100,101)(H4,61,62,63)/t24-,25-,26+,27-,28-,29-,30-,31-,32-,33-,34-,35-,43-/m0/s1. The molecule has 1 rings (SSSR count). The highest BCUT2D eigenvalue weighted by Gasteiger charge is 2.41. The second kappa shape index (κ2) is 44.9. The van der Waals surface area contributed by atoms with Crippen LogP contribution in [-0.2, 0) is 91.1 Å². The quantitative estimate of drug-likeness (QED) is 0.0153. The van der Waals surface area contributed by atoms with Gasteiger partial charge in [0.25, 0.3) is 0 Å². The summed E-state index contributed by atoms with van der Waals surface area (Å²) in [4.78, 5) is 248. The van der Waals surface area contributed by atoms with Gasteiger partial charge in [0.2, 0.25) is 88.6 Å². The molecule has 30 N–H and O–H groups in total. The van der Waals surface area contributed by atoms with Crippen molar-refractivity contribution in [3.63, 3.8) is 0 Å². The number of aliphatic carboxylic acids is 4. The Bertz CT molecular complexity index is 3040. The molecule has 0 aromatic rings. The van der Waals surface area contributed by atoms with E-state index in [0.717, 1.165) is 25.7 Å². The molecule has 0 bridgehead atoms. The number of rotatable bonds is 48. The van der Waals surface area contributed by atoms with Crippen molar-refractivity contribution in [2.75, 3.05) is 39.3 Å². The highest BCUT2D eigenvalue weighted by Crippen LogP contribution is 2.21. The zero-order valence-corrected chi connectivity index (χ0v) is 55.4. The maximum Gasteiger partial charge on any atom is 0.326 e. The summed E-state index contributed by atoms with van der Waals surface area (Å²) in [6.45, 7) is 0.0433. The van der Waals surface area contributed by atoms with Crippen molar-refractivity contribution in [3.8, 4) is 0 Å². The van der Waals surface area contributed by atoms with Gasteiger partial charge in [-0.1, -0.05) is 6.42 Å². The van der Waals surface area contributed by atoms with Gasteiger partial charge >= 0.3 is 23.9 Å². The van der Waals surface area contributed by atoms with Crippen LogP contribution >= 0.6 is 0 Å². The first-order valence-corrected chi connectivity index (χ1v) is 31.4. The van der Waals surface area contributed by atoms with Gasteiger partial charge in [0.05, 0.1) is 51.1 Å². The number of carbonyl (C=O) groups is 19. The number of carboxylic acids is 4. The van der Waals surface area contributed by atoms with Gasteiger partial charge in [-0.2, -0.15) is 0 Å². The maximum absolute atomic E-state index is 14.1. The number of carbonyl (C=O) groups excluding carboxylic acids is 15. The fourth-order valence-corrected chi connectivity index (χ4v) is 9.25. The second-order valence-corrected chi connectivity index (χ2v) is 23.0. The molecule has 45 nitrogen and oxygen atoms in total. The number of unbranched alkanes of at least 4 members (excludes halogenated alkanes) is 1. The zero-order valence-electron chi connectivity index (χ0n) is 55.4. The lowest BCUT2D eigenvalue weighted by atomic mass is 10.1. The monoisotopic (exact) mass is 1440 g/mol. The van der Waals surface area contributed by atoms with E-state index < -0.39 is 249 Å². The first-order valence-electron chi connectivity index (χ1n) is 31.4. The first-order chi connectivity index (χ1) is 47.2. The average Bonchev–Trinajstić information content (AvgIpc) is 1.75. The first kappa shape index (κ1) is 88.1. The van der Waals surface area contributed by atoms with E-state index in [0.29, 0.717) is 19.4 Å². The number of guanidine groups is 1. The Hall–Kier alpha value is -11.0. The van der Waals surface area contributed by atoms with Crippen LogP contribution in [0.25, 0.3) is 0 Å². The normalized spacial score (nSPS) is 15.9. The Morgan fingerprint density at radius 1 is 0.485 bits per heavy atom. The Morgan fingerprint density at radius 2 is 0.980 bits per heavy atom. The van der Waals surface area contributed by atoms with Crippen LogP contribution < -0.4 is 98.2 Å². The van der Waals surface area contributed by atoms with Gasteiger partial charge in [0.15, 0.2) is 5.96 Å². The molecule has 45 heteroatoms. The summed E-state index contributed by atoms with van der Waals surface area (Å²) in [7, 11) is 0. The predicted octanol–water partition coefficient (Wildman–Crippen LogP) is -13.0. The molecule has 1 aliphatic heterocycles. The fraction of sp³-hybridized carbons (Fsp3) is 0.643. The molecule has 0 aliphatic carbocycles. The number of carboxylic acid groups (broad SMARTS) is 4. The van der Waals surface area contributed by atoms with Crippen molar-refractivity contribution < 1.29 is 122 Å². The predicted molar refractivity (Wildman–Crippen MR) is 342 cm³/mol. The van der Waals surface area contributed by atoms with E-state index in [2.05, 4.69) is 58.2 Å². The lowest BCUT2D eigenvalue weighted by molar-refractivity contribution is -0.144. The Kier molecular flexibility index (Phi) is 39.1. The molecule has 1 saturated heterocycles. The highest BCUT2D eigenvalue weighted by molar-refractivity contribution is 6.01. The number of likely N-dealkylation sites (tertiary alicyclic amines) is 1. The smallest absolute Gasteiger partial charge is 0.326 e. The van der Waals surface area contributed by atoms with Gasteiger partial charge in [-0.25, -0.2) is 4.79 Å². The number of aliphatic imine (C=N–C) groups is 1. The molecular formula is C56H92N20O25. The van der Waals surface area contributed by atoms with Crippen molar-refractivity contribution in [1.29, 1.82) is 0 Å². The van der Waals surface area contributed by atoms with Crippen LogP contribution in [0, 0.1) is 0 Å². The molecule has 0 aromatic carbocycles. The van der Waals surface area contributed by atoms with Crippen LogP contribution in [0.5, 0.6) is 0 Å². The molecule has 1 heterocycles. The third kappa shape index (κ3) is 33.9. The minimum absolute atomic E-state index is 0.0428. The number of aliphatic hydroxyl groups is 2. The van der Waals surface area contributed by atoms with Crippen molar-refractivity contribution in [3.05, 3.63) is 0 Å². The average molecular weight is 1450 g/mol. The second-order valence-electron chi connectivity index (χ2n) is 23.0. The number of hydrogen-bond acceptors (Lipinski definition) is 24. The lowest BCUT2D eigenvalue weighted by Gasteiger charge is -2.30. The van der Waals surface area contributed by atoms with Crippen LogP contribution in [0.15, 0.2) is 4.99 Å². The van der Waals surface area contributed by atoms with Gasteiger partial charge in [0.1, 0.15) is 66.5 Å². The Labute approximate surface area is 575 Å². The molecule has 1 fully saturated rings. The number of nitrogens with one attached hydrogen (secondary N) is 12. The topological polar surface area (TPSA) is 762 Å². The summed E-state index contributed by atoms with van der Waals surface area (Å²) in [5, 5.41) is 84.3. The summed E-state index contributed by atoms with van der Waals surface area (Å²) in [6, 6.07) is -20.5. The van der Waals surface area contributed by atoms with Gasteiger partial charge < -0.3 is 134 Å². The van der Waals surface area contributed by atoms with Crippen LogP contribution in [0.1, 0.15) is 111 Å². The molecule has 0 aromatic heterocycles. The van der Waals surface area contributed by atoms with Crippen LogP contribution in [0.4, 0.5) is 0 Å². The number of nitrogens with two attached hydrogens (primary N) is 6. The van der Waals surface area contributed by atoms with E-state index in [1.54, 1.807) is 0 Å². The largest absolute Gasteiger partial charge is 0.481 e. The van der Waals surface area contributed by atoms with Gasteiger partial charge in [-0.15, -0.1) is 0 Å². The van der Waals surface area contributed by atoms with E-state index >= 15 is 0 Å². The summed E-state index contributed by atoms with van der Waals surface area (Å²) in [5.74, 6) is -23.8. The molecule has 13 atom stereocenters. The van der Waals surface area contributed by atoms with E-state index in [4.69, 9.17) is 34.4 Å². The minimum atomic E-state index is -2.13. The van der Waals surface area contributed by atoms with E-state index in [-0.39, 0.29) is 57.6 Å². The van der Waals surface area contributed by atoms with Crippen LogP contribution in [-0.4, -0.2) is 272 Å². The summed E-state index contributed by atoms with van der Waals surface area (Å²) < 4.78 is 0. The Balaban J connectivity index is 3.23. The summed E-state index contributed by atoms with van der Waals surface area (Å²) in [6.07, 6.45) is -6.34. The number of aliphatic hydroxyl groups excluding tert-OH is 2. The SMILES string of the molecule is C[C@H](NC(=O)[C@H](CCCN=C(N)N)NC(=O)CNC(=O)[C@H](CC(N)=O)NC(=O)[C@@H]1CCCN1C(=O)[C@H](CCC(=O)O)NC(=O)[C@H](CC(=O)O)NC(=O)[C@@H](N)CCCCN)C(=O)N[C@@H](CO)C(=O)N[C@@H](CC(=O)O)C(=O)N[C@H](C(=O)N[C@@H](C)C(=O)NCC(=O)N[C@@H](CCC(N)=O)C(=O)O)[C@@H](C)O. The van der Waals surface area contributed by atoms with Crippen LogP contribution in [0.3, 0.4) is 0 Å². The summed E-state index contributed by atoms with van der Waals surface area (Å²) in [5.41, 5.74) is 32.6. The minimum Gasteiger partial charge on any atom is -0.481 e. The summed E-state index contributed by atoms with van der Waals surface area (Å²) >= 11 is 0. The molecule has 15 amide bonds. The van der Waals surface area contributed by atoms with E-state index in [9.17, 15) is 122 Å². The van der Waals surface area contributed by atoms with Crippen molar-refractivity contribution in [2.24, 2.45) is 39.4 Å². The van der Waals surface area contributed by atoms with Gasteiger partial charge in [-0.05, 0) is 78.7 Å². The zero-order chi connectivity index (χ0) is 77.0. The molecule has 1 aliphatic rings. The number of primary amides is 2. The molecule has 0 radical (unpaired) electrons. The van der Waals surface area contributed by atoms with Crippen LogP contribution in [0.2, 0.25) is 0 Å². The van der Waals surface area contributed by atoms with E-state index in [1.165, 1.54) is 0 Å². The molecule has 0 unspecified atom stereocenters. The number of hydrogen-bond donors (Lipinski definition) is 24. The number of nitrogens with zero attached hydrogens (tertiary/aromatic N) is 2. The molecule has 566 valence electrons. The van der Waals surface area contributed by atoms with Gasteiger partial charge in [-0.3, -0.25) is 91.3 Å². The molecule has 101 heavy (non-hydrogen) atoms. The maximum atomic E-state index is 14.1. The molecule has 0 spiro atoms. The van der Waals surface area contributed by atoms with Crippen molar-refractivity contribution in [1.82, 2.24) is 68.7 Å². The lowest BCUT2D eigenvalue weighted by Crippen LogP contribution is -2.61. The Morgan fingerprint density at radius 3 is 1.50 bits per heavy atom.